The van der Waals surface area contributed by atoms with E-state index in [1.807, 2.05) is 0 Å². The Labute approximate surface area is 146 Å². The van der Waals surface area contributed by atoms with Crippen molar-refractivity contribution in [2.75, 3.05) is 13.7 Å². The third kappa shape index (κ3) is 7.21. The minimum atomic E-state index is -1.31. The molecule has 0 aliphatic carbocycles. The number of carbonyl (C=O) groups excluding carboxylic acids is 3. The molecular formula is C17H24N2O6. The Morgan fingerprint density at radius 2 is 1.76 bits per heavy atom. The first-order chi connectivity index (χ1) is 11.6. The van der Waals surface area contributed by atoms with Gasteiger partial charge in [-0.15, -0.1) is 0 Å². The molecule has 0 aliphatic heterocycles. The van der Waals surface area contributed by atoms with Crippen LogP contribution in [0.5, 0.6) is 0 Å². The predicted molar refractivity (Wildman–Crippen MR) is 89.6 cm³/mol. The monoisotopic (exact) mass is 352 g/mol. The topological polar surface area (TPSA) is 114 Å². The minimum Gasteiger partial charge on any atom is -0.467 e. The quantitative estimate of drug-likeness (QED) is 0.656. The maximum Gasteiger partial charge on any atom is 0.408 e. The molecule has 138 valence electrons. The van der Waals surface area contributed by atoms with Crippen molar-refractivity contribution in [1.82, 2.24) is 10.6 Å². The summed E-state index contributed by atoms with van der Waals surface area (Å²) in [6, 6.07) is 7.07. The third-order valence-corrected chi connectivity index (χ3v) is 3.02. The second kappa shape index (κ2) is 9.03. The molecule has 1 aromatic carbocycles. The van der Waals surface area contributed by atoms with Gasteiger partial charge in [0.15, 0.2) is 6.04 Å². The summed E-state index contributed by atoms with van der Waals surface area (Å²) in [5.41, 5.74) is -0.253. The number of esters is 1. The van der Waals surface area contributed by atoms with Gasteiger partial charge in [0.1, 0.15) is 18.2 Å². The third-order valence-electron chi connectivity index (χ3n) is 3.02. The second-order valence-corrected chi connectivity index (χ2v) is 6.28. The number of nitrogens with one attached hydrogen (secondary N) is 2. The average Bonchev–Trinajstić information content (AvgIpc) is 2.56. The van der Waals surface area contributed by atoms with Crippen LogP contribution in [-0.2, 0) is 19.1 Å². The molecule has 8 nitrogen and oxygen atoms in total. The van der Waals surface area contributed by atoms with E-state index >= 15 is 0 Å². The van der Waals surface area contributed by atoms with E-state index in [0.29, 0.717) is 5.56 Å². The van der Waals surface area contributed by atoms with Crippen LogP contribution in [0.4, 0.5) is 4.79 Å². The zero-order valence-electron chi connectivity index (χ0n) is 14.7. The molecule has 1 rings (SSSR count). The first kappa shape index (κ1) is 20.4. The van der Waals surface area contributed by atoms with Crippen LogP contribution in [0.3, 0.4) is 0 Å². The number of hydrogen-bond acceptors (Lipinski definition) is 6. The highest BCUT2D eigenvalue weighted by atomic mass is 16.6. The Hall–Kier alpha value is -2.61. The number of methoxy groups -OCH3 is 1. The van der Waals surface area contributed by atoms with Crippen molar-refractivity contribution >= 4 is 18.0 Å². The molecule has 0 spiro atoms. The molecule has 0 aromatic heterocycles. The van der Waals surface area contributed by atoms with Gasteiger partial charge >= 0.3 is 12.1 Å². The highest BCUT2D eigenvalue weighted by molar-refractivity contribution is 5.87. The fourth-order valence-corrected chi connectivity index (χ4v) is 1.93. The normalized spacial score (nSPS) is 13.3. The van der Waals surface area contributed by atoms with Gasteiger partial charge < -0.3 is 25.2 Å². The smallest absolute Gasteiger partial charge is 0.408 e. The van der Waals surface area contributed by atoms with Crippen LogP contribution in [0, 0.1) is 0 Å². The number of rotatable bonds is 6. The number of alkyl carbamates (subject to hydrolysis) is 1. The van der Waals surface area contributed by atoms with Crippen molar-refractivity contribution in [3.63, 3.8) is 0 Å². The van der Waals surface area contributed by atoms with E-state index in [1.165, 1.54) is 0 Å². The predicted octanol–water partition coefficient (Wildman–Crippen LogP) is 0.903. The molecular weight excluding hydrogens is 328 g/mol. The van der Waals surface area contributed by atoms with Crippen LogP contribution < -0.4 is 10.6 Å². The van der Waals surface area contributed by atoms with Gasteiger partial charge in [-0.25, -0.2) is 9.59 Å². The summed E-state index contributed by atoms with van der Waals surface area (Å²) in [6.45, 7) is 4.66. The molecule has 0 radical (unpaired) electrons. The molecule has 0 saturated carbocycles. The van der Waals surface area contributed by atoms with Crippen LogP contribution in [0.1, 0.15) is 32.4 Å². The molecule has 0 heterocycles. The molecule has 0 fully saturated rings. The summed E-state index contributed by atoms with van der Waals surface area (Å²) < 4.78 is 9.63. The number of aliphatic hydroxyl groups excluding tert-OH is 1. The largest absolute Gasteiger partial charge is 0.467 e. The maximum absolute atomic E-state index is 12.0. The highest BCUT2D eigenvalue weighted by Crippen LogP contribution is 2.17. The molecule has 0 saturated heterocycles. The molecule has 0 aliphatic rings. The lowest BCUT2D eigenvalue weighted by Gasteiger charge is -2.23. The fourth-order valence-electron chi connectivity index (χ4n) is 1.93. The summed E-state index contributed by atoms with van der Waals surface area (Å²) in [5, 5.41) is 15.0. The summed E-state index contributed by atoms with van der Waals surface area (Å²) >= 11 is 0. The van der Waals surface area contributed by atoms with Crippen molar-refractivity contribution in [1.29, 1.82) is 0 Å². The van der Waals surface area contributed by atoms with Gasteiger partial charge in [-0.1, -0.05) is 30.3 Å². The minimum absolute atomic E-state index is 0.413. The van der Waals surface area contributed by atoms with E-state index < -0.39 is 42.3 Å². The van der Waals surface area contributed by atoms with Gasteiger partial charge in [-0.05, 0) is 26.3 Å². The first-order valence-electron chi connectivity index (χ1n) is 7.71. The zero-order chi connectivity index (χ0) is 19.0. The molecule has 2 amide bonds. The lowest BCUT2D eigenvalue weighted by atomic mass is 10.0. The summed E-state index contributed by atoms with van der Waals surface area (Å²) in [6.07, 6.45) is -2.06. The summed E-state index contributed by atoms with van der Waals surface area (Å²) in [7, 11) is 1.15. The number of amides is 2. The van der Waals surface area contributed by atoms with E-state index in [-0.39, 0.29) is 0 Å². The maximum atomic E-state index is 12.0. The highest BCUT2D eigenvalue weighted by Gasteiger charge is 2.30. The number of aliphatic hydroxyl groups is 1. The number of benzene rings is 1. The van der Waals surface area contributed by atoms with Crippen LogP contribution in [0.2, 0.25) is 0 Å². The lowest BCUT2D eigenvalue weighted by molar-refractivity contribution is -0.148. The summed E-state index contributed by atoms with van der Waals surface area (Å²) in [4.78, 5) is 35.4. The molecule has 0 bridgehead atoms. The van der Waals surface area contributed by atoms with Gasteiger partial charge in [0.2, 0.25) is 5.91 Å². The lowest BCUT2D eigenvalue weighted by Crippen LogP contribution is -2.49. The van der Waals surface area contributed by atoms with Gasteiger partial charge in [-0.3, -0.25) is 4.79 Å². The van der Waals surface area contributed by atoms with Crippen LogP contribution in [0.15, 0.2) is 30.3 Å². The van der Waals surface area contributed by atoms with Gasteiger partial charge in [0, 0.05) is 0 Å². The molecule has 1 aromatic rings. The van der Waals surface area contributed by atoms with Crippen molar-refractivity contribution in [2.24, 2.45) is 0 Å². The molecule has 25 heavy (non-hydrogen) atoms. The van der Waals surface area contributed by atoms with Crippen molar-refractivity contribution in [3.8, 4) is 0 Å². The van der Waals surface area contributed by atoms with Crippen molar-refractivity contribution in [3.05, 3.63) is 35.9 Å². The number of ether oxygens (including phenoxy) is 2. The Balaban J connectivity index is 2.68. The molecule has 0 unspecified atom stereocenters. The number of hydrogen-bond donors (Lipinski definition) is 3. The Morgan fingerprint density at radius 3 is 2.28 bits per heavy atom. The van der Waals surface area contributed by atoms with E-state index in [9.17, 15) is 19.5 Å². The van der Waals surface area contributed by atoms with Crippen molar-refractivity contribution in [2.45, 2.75) is 38.5 Å². The van der Waals surface area contributed by atoms with Gasteiger partial charge in [-0.2, -0.15) is 0 Å². The van der Waals surface area contributed by atoms with Crippen molar-refractivity contribution < 1.29 is 29.0 Å². The van der Waals surface area contributed by atoms with Gasteiger partial charge in [0.25, 0.3) is 0 Å². The Morgan fingerprint density at radius 1 is 1.16 bits per heavy atom. The van der Waals surface area contributed by atoms with Crippen LogP contribution in [-0.4, -0.2) is 48.4 Å². The second-order valence-electron chi connectivity index (χ2n) is 6.28. The molecule has 2 atom stereocenters. The van der Waals surface area contributed by atoms with E-state index in [0.717, 1.165) is 7.11 Å². The molecule has 8 heteroatoms. The van der Waals surface area contributed by atoms with Gasteiger partial charge in [0.05, 0.1) is 7.11 Å². The Kier molecular flexibility index (Phi) is 7.38. The fraction of sp³-hybridized carbons (Fsp3) is 0.471. The SMILES string of the molecule is COC(=O)[C@@H](NC(=O)CNC(=O)OC(C)(C)C)[C@H](O)c1ccccc1. The van der Waals surface area contributed by atoms with E-state index in [2.05, 4.69) is 15.4 Å². The Bertz CT molecular complexity index is 597. The zero-order valence-corrected chi connectivity index (χ0v) is 14.7. The number of carbonyl (C=O) groups is 3. The summed E-state index contributed by atoms with van der Waals surface area (Å²) in [5.74, 6) is -1.47. The first-order valence-corrected chi connectivity index (χ1v) is 7.71. The van der Waals surface area contributed by atoms with Crippen LogP contribution >= 0.6 is 0 Å². The standard InChI is InChI=1S/C17H24N2O6/c1-17(2,3)25-16(23)18-10-12(20)19-13(15(22)24-4)14(21)11-8-6-5-7-9-11/h5-9,13-14,21H,10H2,1-4H3,(H,18,23)(H,19,20)/t13-,14+/m0/s1. The average molecular weight is 352 g/mol. The molecule has 3 N–H and O–H groups in total. The van der Waals surface area contributed by atoms with E-state index in [1.54, 1.807) is 51.1 Å². The van der Waals surface area contributed by atoms with Crippen LogP contribution in [0.25, 0.3) is 0 Å². The van der Waals surface area contributed by atoms with E-state index in [4.69, 9.17) is 4.74 Å².